The summed E-state index contributed by atoms with van der Waals surface area (Å²) in [4.78, 5) is 0. The molecule has 0 aromatic heterocycles. The van der Waals surface area contributed by atoms with Crippen molar-refractivity contribution in [3.8, 4) is 17.2 Å². The van der Waals surface area contributed by atoms with E-state index in [9.17, 15) is 9.50 Å². The molecule has 4 heteroatoms. The minimum absolute atomic E-state index is 0.0987. The van der Waals surface area contributed by atoms with E-state index in [1.807, 2.05) is 13.0 Å². The average molecular weight is 276 g/mol. The molecule has 106 valence electrons. The number of aliphatic hydroxyl groups excluding tert-OH is 1. The maximum Gasteiger partial charge on any atom is 0.169 e. The Morgan fingerprint density at radius 3 is 2.40 bits per heavy atom. The minimum Gasteiger partial charge on any atom is -0.490 e. The van der Waals surface area contributed by atoms with E-state index in [-0.39, 0.29) is 5.75 Å². The van der Waals surface area contributed by atoms with Gasteiger partial charge in [-0.15, -0.1) is 0 Å². The standard InChI is InChI=1S/C16H17FO3/c1-3-19-15-6-4-5-7-16(15)20-14-9-8-12(11(2)18)10-13(14)17/h4-11,18H,3H2,1-2H3/t11-/m0/s1. The molecule has 0 saturated carbocycles. The van der Waals surface area contributed by atoms with Gasteiger partial charge in [-0.2, -0.15) is 0 Å². The maximum absolute atomic E-state index is 13.9. The van der Waals surface area contributed by atoms with Gasteiger partial charge in [-0.1, -0.05) is 18.2 Å². The van der Waals surface area contributed by atoms with E-state index < -0.39 is 11.9 Å². The second-order valence-electron chi connectivity index (χ2n) is 4.35. The van der Waals surface area contributed by atoms with E-state index in [0.717, 1.165) is 0 Å². The Balaban J connectivity index is 2.26. The van der Waals surface area contributed by atoms with E-state index in [2.05, 4.69) is 0 Å². The molecular weight excluding hydrogens is 259 g/mol. The number of ether oxygens (including phenoxy) is 2. The van der Waals surface area contributed by atoms with Crippen LogP contribution >= 0.6 is 0 Å². The summed E-state index contributed by atoms with van der Waals surface area (Å²) in [6, 6.07) is 11.5. The molecule has 0 unspecified atom stereocenters. The molecule has 2 aromatic rings. The third kappa shape index (κ3) is 3.27. The first-order valence-corrected chi connectivity index (χ1v) is 6.49. The first kappa shape index (κ1) is 14.3. The Morgan fingerprint density at radius 1 is 1.10 bits per heavy atom. The van der Waals surface area contributed by atoms with Gasteiger partial charge in [-0.05, 0) is 43.7 Å². The second-order valence-corrected chi connectivity index (χ2v) is 4.35. The van der Waals surface area contributed by atoms with Crippen LogP contribution in [0.25, 0.3) is 0 Å². The highest BCUT2D eigenvalue weighted by Gasteiger charge is 2.11. The van der Waals surface area contributed by atoms with Crippen molar-refractivity contribution >= 4 is 0 Å². The van der Waals surface area contributed by atoms with E-state index in [1.165, 1.54) is 12.1 Å². The smallest absolute Gasteiger partial charge is 0.169 e. The normalized spacial score (nSPS) is 12.0. The minimum atomic E-state index is -0.714. The van der Waals surface area contributed by atoms with Gasteiger partial charge in [0, 0.05) is 0 Å². The number of hydrogen-bond acceptors (Lipinski definition) is 3. The van der Waals surface area contributed by atoms with E-state index in [4.69, 9.17) is 9.47 Å². The zero-order valence-electron chi connectivity index (χ0n) is 11.5. The fraction of sp³-hybridized carbons (Fsp3) is 0.250. The summed E-state index contributed by atoms with van der Waals surface area (Å²) in [7, 11) is 0. The quantitative estimate of drug-likeness (QED) is 0.894. The highest BCUT2D eigenvalue weighted by Crippen LogP contribution is 2.33. The number of hydrogen-bond donors (Lipinski definition) is 1. The Bertz CT molecular complexity index is 582. The van der Waals surface area contributed by atoms with Crippen LogP contribution in [-0.2, 0) is 0 Å². The molecule has 1 N–H and O–H groups in total. The van der Waals surface area contributed by atoms with Gasteiger partial charge < -0.3 is 14.6 Å². The van der Waals surface area contributed by atoms with Crippen molar-refractivity contribution < 1.29 is 19.0 Å². The lowest BCUT2D eigenvalue weighted by Crippen LogP contribution is -1.97. The lowest BCUT2D eigenvalue weighted by atomic mass is 10.1. The first-order valence-electron chi connectivity index (χ1n) is 6.49. The van der Waals surface area contributed by atoms with Gasteiger partial charge in [0.1, 0.15) is 0 Å². The largest absolute Gasteiger partial charge is 0.490 e. The van der Waals surface area contributed by atoms with Crippen molar-refractivity contribution in [1.82, 2.24) is 0 Å². The molecule has 0 aliphatic carbocycles. The lowest BCUT2D eigenvalue weighted by Gasteiger charge is -2.13. The van der Waals surface area contributed by atoms with Crippen LogP contribution in [0.3, 0.4) is 0 Å². The molecule has 0 aliphatic heterocycles. The summed E-state index contributed by atoms with van der Waals surface area (Å²) in [6.45, 7) is 3.96. The van der Waals surface area contributed by atoms with Crippen molar-refractivity contribution in [2.75, 3.05) is 6.61 Å². The molecule has 0 fully saturated rings. The molecule has 1 atom stereocenters. The van der Waals surface area contributed by atoms with Crippen molar-refractivity contribution in [1.29, 1.82) is 0 Å². The second kappa shape index (κ2) is 6.39. The third-order valence-corrected chi connectivity index (χ3v) is 2.81. The summed E-state index contributed by atoms with van der Waals surface area (Å²) in [5.74, 6) is 0.600. The van der Waals surface area contributed by atoms with Crippen molar-refractivity contribution in [2.24, 2.45) is 0 Å². The van der Waals surface area contributed by atoms with E-state index in [1.54, 1.807) is 31.2 Å². The van der Waals surface area contributed by atoms with Gasteiger partial charge in [0.2, 0.25) is 0 Å². The molecule has 0 amide bonds. The molecule has 2 rings (SSSR count). The molecule has 0 aliphatic rings. The Hall–Kier alpha value is -2.07. The molecule has 0 radical (unpaired) electrons. The molecule has 0 bridgehead atoms. The van der Waals surface area contributed by atoms with Gasteiger partial charge >= 0.3 is 0 Å². The van der Waals surface area contributed by atoms with Crippen LogP contribution < -0.4 is 9.47 Å². The van der Waals surface area contributed by atoms with Gasteiger partial charge in [0.15, 0.2) is 23.1 Å². The lowest BCUT2D eigenvalue weighted by molar-refractivity contribution is 0.198. The van der Waals surface area contributed by atoms with Crippen LogP contribution in [0.5, 0.6) is 17.2 Å². The predicted octanol–water partition coefficient (Wildman–Crippen LogP) is 4.07. The molecular formula is C16H17FO3. The Morgan fingerprint density at radius 2 is 1.80 bits per heavy atom. The van der Waals surface area contributed by atoms with Crippen LogP contribution in [0, 0.1) is 5.82 Å². The number of para-hydroxylation sites is 2. The van der Waals surface area contributed by atoms with E-state index in [0.29, 0.717) is 23.7 Å². The van der Waals surface area contributed by atoms with Crippen LogP contribution in [-0.4, -0.2) is 11.7 Å². The van der Waals surface area contributed by atoms with Gasteiger partial charge in [-0.3, -0.25) is 0 Å². The number of rotatable bonds is 5. The molecule has 0 saturated heterocycles. The van der Waals surface area contributed by atoms with Gasteiger partial charge in [-0.25, -0.2) is 4.39 Å². The fourth-order valence-electron chi connectivity index (χ4n) is 1.79. The number of halogens is 1. The molecule has 0 spiro atoms. The fourth-order valence-corrected chi connectivity index (χ4v) is 1.79. The van der Waals surface area contributed by atoms with Gasteiger partial charge in [0.05, 0.1) is 12.7 Å². The molecule has 2 aromatic carbocycles. The average Bonchev–Trinajstić information content (AvgIpc) is 2.43. The highest BCUT2D eigenvalue weighted by atomic mass is 19.1. The molecule has 3 nitrogen and oxygen atoms in total. The van der Waals surface area contributed by atoms with Crippen molar-refractivity contribution in [3.63, 3.8) is 0 Å². The Labute approximate surface area is 117 Å². The van der Waals surface area contributed by atoms with Crippen LogP contribution in [0.1, 0.15) is 25.5 Å². The first-order chi connectivity index (χ1) is 9.61. The van der Waals surface area contributed by atoms with Crippen molar-refractivity contribution in [3.05, 3.63) is 53.8 Å². The SMILES string of the molecule is CCOc1ccccc1Oc1ccc([C@H](C)O)cc1F. The summed E-state index contributed by atoms with van der Waals surface area (Å²) in [6.07, 6.45) is -0.714. The zero-order valence-corrected chi connectivity index (χ0v) is 11.5. The van der Waals surface area contributed by atoms with Crippen molar-refractivity contribution in [2.45, 2.75) is 20.0 Å². The van der Waals surface area contributed by atoms with Crippen LogP contribution in [0.15, 0.2) is 42.5 Å². The monoisotopic (exact) mass is 276 g/mol. The zero-order chi connectivity index (χ0) is 14.5. The maximum atomic E-state index is 13.9. The predicted molar refractivity (Wildman–Crippen MR) is 74.7 cm³/mol. The molecule has 20 heavy (non-hydrogen) atoms. The number of benzene rings is 2. The summed E-state index contributed by atoms with van der Waals surface area (Å²) in [5, 5.41) is 9.42. The summed E-state index contributed by atoms with van der Waals surface area (Å²) < 4.78 is 24.9. The van der Waals surface area contributed by atoms with E-state index >= 15 is 0 Å². The summed E-state index contributed by atoms with van der Waals surface area (Å²) >= 11 is 0. The topological polar surface area (TPSA) is 38.7 Å². The number of aliphatic hydroxyl groups is 1. The molecule has 0 heterocycles. The third-order valence-electron chi connectivity index (χ3n) is 2.81. The summed E-state index contributed by atoms with van der Waals surface area (Å²) in [5.41, 5.74) is 0.507. The van der Waals surface area contributed by atoms with Gasteiger partial charge in [0.25, 0.3) is 0 Å². The Kier molecular flexibility index (Phi) is 4.58. The van der Waals surface area contributed by atoms with Crippen LogP contribution in [0.2, 0.25) is 0 Å². The van der Waals surface area contributed by atoms with Crippen LogP contribution in [0.4, 0.5) is 4.39 Å². The highest BCUT2D eigenvalue weighted by molar-refractivity contribution is 5.43.